The molecule has 1 N–H and O–H groups in total. The highest BCUT2D eigenvalue weighted by atomic mass is 32.2. The summed E-state index contributed by atoms with van der Waals surface area (Å²) in [6, 6.07) is 0.236. The maximum Gasteiger partial charge on any atom is 0.147 e. The van der Waals surface area contributed by atoms with Crippen LogP contribution in [0.3, 0.4) is 0 Å². The first-order valence-corrected chi connectivity index (χ1v) is 9.49. The third kappa shape index (κ3) is 5.40. The number of hydrogen-bond donors (Lipinski definition) is 1. The Morgan fingerprint density at radius 1 is 1.26 bits per heavy atom. The minimum Gasteiger partial charge on any atom is -0.312 e. The smallest absolute Gasteiger partial charge is 0.147 e. The van der Waals surface area contributed by atoms with Crippen molar-refractivity contribution in [2.24, 2.45) is 0 Å². The number of hydrogen-bond acceptors (Lipinski definition) is 4. The van der Waals surface area contributed by atoms with Gasteiger partial charge in [0.1, 0.15) is 9.84 Å². The first kappa shape index (κ1) is 16.9. The molecule has 1 heterocycles. The fraction of sp³-hybridized carbons (Fsp3) is 1.00. The van der Waals surface area contributed by atoms with E-state index in [0.29, 0.717) is 6.42 Å². The molecule has 0 aliphatic carbocycles. The summed E-state index contributed by atoms with van der Waals surface area (Å²) in [5, 5.41) is 3.55. The van der Waals surface area contributed by atoms with Crippen LogP contribution in [-0.4, -0.2) is 56.5 Å². The molecule has 0 radical (unpaired) electrons. The molecule has 0 aromatic heterocycles. The Morgan fingerprint density at radius 2 is 1.84 bits per heavy atom. The minimum absolute atomic E-state index is 0.0242. The summed E-state index contributed by atoms with van der Waals surface area (Å²) in [5.74, 6) is 0.269. The second-order valence-electron chi connectivity index (χ2n) is 6.27. The van der Waals surface area contributed by atoms with Crippen LogP contribution in [-0.2, 0) is 9.84 Å². The van der Waals surface area contributed by atoms with Crippen LogP contribution < -0.4 is 5.32 Å². The summed E-state index contributed by atoms with van der Waals surface area (Å²) < 4.78 is 22.8. The average molecular weight is 290 g/mol. The molecule has 1 aliphatic heterocycles. The van der Waals surface area contributed by atoms with Crippen LogP contribution in [0, 0.1) is 0 Å². The molecule has 5 heteroatoms. The van der Waals surface area contributed by atoms with Gasteiger partial charge in [-0.3, -0.25) is 4.90 Å². The summed E-state index contributed by atoms with van der Waals surface area (Å²) in [5.41, 5.74) is 0.0242. The second kappa shape index (κ2) is 7.04. The molecule has 4 nitrogen and oxygen atoms in total. The number of likely N-dealkylation sites (tertiary alicyclic amines) is 1. The van der Waals surface area contributed by atoms with Crippen LogP contribution in [0.1, 0.15) is 46.5 Å². The Balaban J connectivity index is 2.70. The topological polar surface area (TPSA) is 49.4 Å². The van der Waals surface area contributed by atoms with Crippen LogP contribution in [0.5, 0.6) is 0 Å². The third-order valence-electron chi connectivity index (χ3n) is 4.19. The van der Waals surface area contributed by atoms with E-state index in [9.17, 15) is 8.42 Å². The standard InChI is InChI=1S/C14H30N2O2S/c1-5-9-15-13(8-12-19(4,17)18)14(2,3)16-10-6-7-11-16/h13,15H,5-12H2,1-4H3. The van der Waals surface area contributed by atoms with Gasteiger partial charge in [-0.05, 0) is 59.2 Å². The molecule has 114 valence electrons. The lowest BCUT2D eigenvalue weighted by molar-refractivity contribution is 0.105. The lowest BCUT2D eigenvalue weighted by Crippen LogP contribution is -2.57. The van der Waals surface area contributed by atoms with Gasteiger partial charge in [-0.25, -0.2) is 8.42 Å². The zero-order chi connectivity index (χ0) is 14.5. The second-order valence-corrected chi connectivity index (χ2v) is 8.53. The van der Waals surface area contributed by atoms with E-state index in [-0.39, 0.29) is 17.3 Å². The molecule has 1 fully saturated rings. The van der Waals surface area contributed by atoms with Gasteiger partial charge in [0.15, 0.2) is 0 Å². The van der Waals surface area contributed by atoms with E-state index in [1.807, 2.05) is 0 Å². The Morgan fingerprint density at radius 3 is 2.32 bits per heavy atom. The highest BCUT2D eigenvalue weighted by molar-refractivity contribution is 7.90. The fourth-order valence-corrected chi connectivity index (χ4v) is 3.53. The first-order valence-electron chi connectivity index (χ1n) is 7.43. The first-order chi connectivity index (χ1) is 8.77. The van der Waals surface area contributed by atoms with Crippen molar-refractivity contribution in [3.8, 4) is 0 Å². The Kier molecular flexibility index (Phi) is 6.27. The van der Waals surface area contributed by atoms with Gasteiger partial charge in [-0.1, -0.05) is 6.92 Å². The normalized spacial score (nSPS) is 19.8. The zero-order valence-corrected chi connectivity index (χ0v) is 13.7. The van der Waals surface area contributed by atoms with Crippen LogP contribution in [0.2, 0.25) is 0 Å². The average Bonchev–Trinajstić information content (AvgIpc) is 2.81. The Hall–Kier alpha value is -0.130. The predicted molar refractivity (Wildman–Crippen MR) is 81.3 cm³/mol. The molecule has 0 spiro atoms. The monoisotopic (exact) mass is 290 g/mol. The molecule has 0 bridgehead atoms. The molecule has 1 aliphatic rings. The highest BCUT2D eigenvalue weighted by Gasteiger charge is 2.36. The van der Waals surface area contributed by atoms with Crippen LogP contribution in [0.15, 0.2) is 0 Å². The van der Waals surface area contributed by atoms with Gasteiger partial charge in [-0.2, -0.15) is 0 Å². The number of nitrogens with zero attached hydrogens (tertiary/aromatic N) is 1. The van der Waals surface area contributed by atoms with Gasteiger partial charge in [0.25, 0.3) is 0 Å². The van der Waals surface area contributed by atoms with Crippen molar-refractivity contribution in [3.63, 3.8) is 0 Å². The molecule has 1 rings (SSSR count). The molecule has 1 atom stereocenters. The van der Waals surface area contributed by atoms with Crippen molar-refractivity contribution in [1.29, 1.82) is 0 Å². The van der Waals surface area contributed by atoms with E-state index in [2.05, 4.69) is 31.0 Å². The zero-order valence-electron chi connectivity index (χ0n) is 12.9. The van der Waals surface area contributed by atoms with E-state index < -0.39 is 9.84 Å². The summed E-state index contributed by atoms with van der Waals surface area (Å²) >= 11 is 0. The molecule has 19 heavy (non-hydrogen) atoms. The molecule has 0 amide bonds. The maximum atomic E-state index is 11.4. The van der Waals surface area contributed by atoms with Crippen LogP contribution >= 0.6 is 0 Å². The summed E-state index contributed by atoms with van der Waals surface area (Å²) in [7, 11) is -2.89. The number of sulfone groups is 1. The largest absolute Gasteiger partial charge is 0.312 e. The van der Waals surface area contributed by atoms with Gasteiger partial charge in [0.2, 0.25) is 0 Å². The van der Waals surface area contributed by atoms with Crippen molar-refractivity contribution in [2.75, 3.05) is 31.6 Å². The fourth-order valence-electron chi connectivity index (χ4n) is 2.87. The number of nitrogens with one attached hydrogen (secondary N) is 1. The Labute approximate surface area is 118 Å². The van der Waals surface area contributed by atoms with Gasteiger partial charge >= 0.3 is 0 Å². The molecular formula is C14H30N2O2S. The molecular weight excluding hydrogens is 260 g/mol. The predicted octanol–water partition coefficient (Wildman–Crippen LogP) is 1.66. The SMILES string of the molecule is CCCNC(CCS(C)(=O)=O)C(C)(C)N1CCCC1. The molecule has 0 aromatic rings. The summed E-state index contributed by atoms with van der Waals surface area (Å²) in [6.45, 7) is 9.85. The Bertz CT molecular complexity index is 360. The molecule has 0 saturated carbocycles. The molecule has 1 saturated heterocycles. The molecule has 0 aromatic carbocycles. The molecule has 1 unspecified atom stereocenters. The van der Waals surface area contributed by atoms with Crippen molar-refractivity contribution < 1.29 is 8.42 Å². The van der Waals surface area contributed by atoms with Crippen LogP contribution in [0.25, 0.3) is 0 Å². The van der Waals surface area contributed by atoms with Crippen molar-refractivity contribution >= 4 is 9.84 Å². The van der Waals surface area contributed by atoms with Crippen molar-refractivity contribution in [2.45, 2.75) is 58.0 Å². The van der Waals surface area contributed by atoms with E-state index in [4.69, 9.17) is 0 Å². The third-order valence-corrected chi connectivity index (χ3v) is 5.17. The van der Waals surface area contributed by atoms with Gasteiger partial charge in [-0.15, -0.1) is 0 Å². The quantitative estimate of drug-likeness (QED) is 0.739. The van der Waals surface area contributed by atoms with Gasteiger partial charge < -0.3 is 5.32 Å². The summed E-state index contributed by atoms with van der Waals surface area (Å²) in [6.07, 6.45) is 5.62. The lowest BCUT2D eigenvalue weighted by atomic mass is 9.90. The summed E-state index contributed by atoms with van der Waals surface area (Å²) in [4.78, 5) is 2.50. The lowest BCUT2D eigenvalue weighted by Gasteiger charge is -2.42. The maximum absolute atomic E-state index is 11.4. The van der Waals surface area contributed by atoms with Gasteiger partial charge in [0, 0.05) is 17.8 Å². The van der Waals surface area contributed by atoms with Crippen molar-refractivity contribution in [3.05, 3.63) is 0 Å². The van der Waals surface area contributed by atoms with Gasteiger partial charge in [0.05, 0.1) is 5.75 Å². The highest BCUT2D eigenvalue weighted by Crippen LogP contribution is 2.26. The number of rotatable bonds is 8. The van der Waals surface area contributed by atoms with E-state index in [1.54, 1.807) is 0 Å². The van der Waals surface area contributed by atoms with Crippen LogP contribution in [0.4, 0.5) is 0 Å². The van der Waals surface area contributed by atoms with E-state index >= 15 is 0 Å². The van der Waals surface area contributed by atoms with Crippen molar-refractivity contribution in [1.82, 2.24) is 10.2 Å². The van der Waals surface area contributed by atoms with E-state index in [0.717, 1.165) is 26.1 Å². The van der Waals surface area contributed by atoms with E-state index in [1.165, 1.54) is 19.1 Å². The minimum atomic E-state index is -2.89.